The SMILES string of the molecule is CCCC(C)NC(=O)CNc1ccc(OCC)c(F)c1. The van der Waals surface area contributed by atoms with Gasteiger partial charge in [-0.25, -0.2) is 4.39 Å². The second-order valence-corrected chi connectivity index (χ2v) is 4.69. The molecular weight excluding hydrogens is 259 g/mol. The van der Waals surface area contributed by atoms with Crippen molar-refractivity contribution in [3.05, 3.63) is 24.0 Å². The number of hydrogen-bond acceptors (Lipinski definition) is 3. The van der Waals surface area contributed by atoms with Crippen LogP contribution in [0.5, 0.6) is 5.75 Å². The Balaban J connectivity index is 2.45. The number of anilines is 1. The van der Waals surface area contributed by atoms with Gasteiger partial charge in [0.2, 0.25) is 5.91 Å². The van der Waals surface area contributed by atoms with E-state index in [2.05, 4.69) is 17.6 Å². The maximum Gasteiger partial charge on any atom is 0.239 e. The molecule has 0 aliphatic rings. The fourth-order valence-electron chi connectivity index (χ4n) is 1.90. The third-order valence-electron chi connectivity index (χ3n) is 2.81. The number of ether oxygens (including phenoxy) is 1. The molecule has 1 atom stereocenters. The molecule has 1 rings (SSSR count). The van der Waals surface area contributed by atoms with Crippen molar-refractivity contribution in [3.63, 3.8) is 0 Å². The number of halogens is 1. The smallest absolute Gasteiger partial charge is 0.239 e. The molecule has 0 bridgehead atoms. The zero-order valence-electron chi connectivity index (χ0n) is 12.3. The molecular formula is C15H23FN2O2. The summed E-state index contributed by atoms with van der Waals surface area (Å²) in [5.74, 6) is -0.309. The molecule has 1 amide bonds. The van der Waals surface area contributed by atoms with Crippen molar-refractivity contribution in [2.75, 3.05) is 18.5 Å². The first-order chi connectivity index (χ1) is 9.56. The quantitative estimate of drug-likeness (QED) is 0.770. The average molecular weight is 282 g/mol. The first-order valence-electron chi connectivity index (χ1n) is 7.02. The molecule has 5 heteroatoms. The van der Waals surface area contributed by atoms with Gasteiger partial charge in [0.15, 0.2) is 11.6 Å². The molecule has 20 heavy (non-hydrogen) atoms. The van der Waals surface area contributed by atoms with Crippen LogP contribution in [0.3, 0.4) is 0 Å². The van der Waals surface area contributed by atoms with Crippen LogP contribution in [0.2, 0.25) is 0 Å². The lowest BCUT2D eigenvalue weighted by molar-refractivity contribution is -0.120. The van der Waals surface area contributed by atoms with Gasteiger partial charge in [-0.2, -0.15) is 0 Å². The van der Waals surface area contributed by atoms with Gasteiger partial charge in [-0.15, -0.1) is 0 Å². The molecule has 0 fully saturated rings. The summed E-state index contributed by atoms with van der Waals surface area (Å²) < 4.78 is 18.7. The minimum absolute atomic E-state index is 0.0970. The van der Waals surface area contributed by atoms with Gasteiger partial charge < -0.3 is 15.4 Å². The molecule has 1 aromatic carbocycles. The Bertz CT molecular complexity index is 438. The van der Waals surface area contributed by atoms with Crippen molar-refractivity contribution in [2.24, 2.45) is 0 Å². The second-order valence-electron chi connectivity index (χ2n) is 4.69. The predicted octanol–water partition coefficient (Wildman–Crippen LogP) is 2.94. The van der Waals surface area contributed by atoms with Crippen LogP contribution in [0.1, 0.15) is 33.6 Å². The molecule has 1 unspecified atom stereocenters. The van der Waals surface area contributed by atoms with E-state index >= 15 is 0 Å². The van der Waals surface area contributed by atoms with Gasteiger partial charge in [-0.05, 0) is 32.4 Å². The summed E-state index contributed by atoms with van der Waals surface area (Å²) in [5.41, 5.74) is 0.559. The summed E-state index contributed by atoms with van der Waals surface area (Å²) in [6.07, 6.45) is 1.97. The van der Waals surface area contributed by atoms with Crippen LogP contribution in [0.4, 0.5) is 10.1 Å². The summed E-state index contributed by atoms with van der Waals surface area (Å²) in [7, 11) is 0. The summed E-state index contributed by atoms with van der Waals surface area (Å²) in [5, 5.41) is 5.77. The van der Waals surface area contributed by atoms with Gasteiger partial charge in [-0.1, -0.05) is 13.3 Å². The molecule has 0 aliphatic carbocycles. The zero-order chi connectivity index (χ0) is 15.0. The van der Waals surface area contributed by atoms with Gasteiger partial charge in [-0.3, -0.25) is 4.79 Å². The van der Waals surface area contributed by atoms with E-state index in [0.29, 0.717) is 12.3 Å². The Labute approximate surface area is 119 Å². The number of benzene rings is 1. The second kappa shape index (κ2) is 8.40. The van der Waals surface area contributed by atoms with Gasteiger partial charge in [0.05, 0.1) is 13.2 Å². The number of nitrogens with one attached hydrogen (secondary N) is 2. The molecule has 0 heterocycles. The van der Waals surface area contributed by atoms with Crippen LogP contribution in [0, 0.1) is 5.82 Å². The molecule has 0 aliphatic heterocycles. The Morgan fingerprint density at radius 3 is 2.75 bits per heavy atom. The molecule has 0 saturated heterocycles. The number of rotatable bonds is 8. The summed E-state index contributed by atoms with van der Waals surface area (Å²) >= 11 is 0. The standard InChI is InChI=1S/C15H23FN2O2/c1-4-6-11(3)18-15(19)10-17-12-7-8-14(20-5-2)13(16)9-12/h7-9,11,17H,4-6,10H2,1-3H3,(H,18,19). The van der Waals surface area contributed by atoms with Crippen LogP contribution in [0.15, 0.2) is 18.2 Å². The van der Waals surface area contributed by atoms with E-state index in [4.69, 9.17) is 4.74 Å². The lowest BCUT2D eigenvalue weighted by Gasteiger charge is -2.14. The fourth-order valence-corrected chi connectivity index (χ4v) is 1.90. The third-order valence-corrected chi connectivity index (χ3v) is 2.81. The van der Waals surface area contributed by atoms with E-state index < -0.39 is 5.82 Å². The van der Waals surface area contributed by atoms with Crippen LogP contribution in [-0.4, -0.2) is 25.1 Å². The van der Waals surface area contributed by atoms with E-state index in [0.717, 1.165) is 12.8 Å². The van der Waals surface area contributed by atoms with Gasteiger partial charge in [0, 0.05) is 17.8 Å². The highest BCUT2D eigenvalue weighted by Gasteiger charge is 2.08. The monoisotopic (exact) mass is 282 g/mol. The first kappa shape index (κ1) is 16.3. The molecule has 1 aromatic rings. The molecule has 2 N–H and O–H groups in total. The van der Waals surface area contributed by atoms with Crippen LogP contribution >= 0.6 is 0 Å². The minimum atomic E-state index is -0.434. The summed E-state index contributed by atoms with van der Waals surface area (Å²) in [4.78, 5) is 11.7. The minimum Gasteiger partial charge on any atom is -0.491 e. The highest BCUT2D eigenvalue weighted by Crippen LogP contribution is 2.20. The van der Waals surface area contributed by atoms with Crippen molar-refractivity contribution < 1.29 is 13.9 Å². The zero-order valence-corrected chi connectivity index (χ0v) is 12.3. The third kappa shape index (κ3) is 5.47. The van der Waals surface area contributed by atoms with E-state index in [1.54, 1.807) is 19.1 Å². The average Bonchev–Trinajstić information content (AvgIpc) is 2.39. The fraction of sp³-hybridized carbons (Fsp3) is 0.533. The summed E-state index contributed by atoms with van der Waals surface area (Å²) in [6, 6.07) is 4.73. The van der Waals surface area contributed by atoms with Crippen molar-refractivity contribution in [3.8, 4) is 5.75 Å². The number of carbonyl (C=O) groups is 1. The number of hydrogen-bond donors (Lipinski definition) is 2. The van der Waals surface area contributed by atoms with Gasteiger partial charge >= 0.3 is 0 Å². The topological polar surface area (TPSA) is 50.4 Å². The van der Waals surface area contributed by atoms with Crippen molar-refractivity contribution in [2.45, 2.75) is 39.7 Å². The lowest BCUT2D eigenvalue weighted by atomic mass is 10.2. The maximum absolute atomic E-state index is 13.6. The molecule has 0 radical (unpaired) electrons. The summed E-state index contributed by atoms with van der Waals surface area (Å²) in [6.45, 7) is 6.39. The Kier molecular flexibility index (Phi) is 6.84. The van der Waals surface area contributed by atoms with E-state index in [-0.39, 0.29) is 24.2 Å². The molecule has 0 saturated carbocycles. The molecule has 4 nitrogen and oxygen atoms in total. The highest BCUT2D eigenvalue weighted by molar-refractivity contribution is 5.80. The van der Waals surface area contributed by atoms with E-state index in [1.807, 2.05) is 6.92 Å². The highest BCUT2D eigenvalue weighted by atomic mass is 19.1. The normalized spacial score (nSPS) is 11.8. The Morgan fingerprint density at radius 2 is 2.15 bits per heavy atom. The van der Waals surface area contributed by atoms with Crippen LogP contribution in [0.25, 0.3) is 0 Å². The van der Waals surface area contributed by atoms with Crippen molar-refractivity contribution in [1.29, 1.82) is 0 Å². The van der Waals surface area contributed by atoms with Crippen molar-refractivity contribution >= 4 is 11.6 Å². The Morgan fingerprint density at radius 1 is 1.40 bits per heavy atom. The van der Waals surface area contributed by atoms with E-state index in [1.165, 1.54) is 6.07 Å². The number of amides is 1. The first-order valence-corrected chi connectivity index (χ1v) is 7.02. The maximum atomic E-state index is 13.6. The largest absolute Gasteiger partial charge is 0.491 e. The number of carbonyl (C=O) groups excluding carboxylic acids is 1. The molecule has 112 valence electrons. The predicted molar refractivity (Wildman–Crippen MR) is 78.6 cm³/mol. The Hall–Kier alpha value is -1.78. The van der Waals surface area contributed by atoms with Crippen LogP contribution < -0.4 is 15.4 Å². The lowest BCUT2D eigenvalue weighted by Crippen LogP contribution is -2.36. The molecule has 0 aromatic heterocycles. The van der Waals surface area contributed by atoms with Crippen LogP contribution in [-0.2, 0) is 4.79 Å². The van der Waals surface area contributed by atoms with Crippen molar-refractivity contribution in [1.82, 2.24) is 5.32 Å². The van der Waals surface area contributed by atoms with Gasteiger partial charge in [0.1, 0.15) is 0 Å². The van der Waals surface area contributed by atoms with E-state index in [9.17, 15) is 9.18 Å². The molecule has 0 spiro atoms. The van der Waals surface area contributed by atoms with Gasteiger partial charge in [0.25, 0.3) is 0 Å².